The number of aliphatic carboxylic acids is 1. The molecule has 0 radical (unpaired) electrons. The fourth-order valence-electron chi connectivity index (χ4n) is 2.80. The zero-order chi connectivity index (χ0) is 17.7. The van der Waals surface area contributed by atoms with Crippen molar-refractivity contribution in [3.63, 3.8) is 0 Å². The number of benzene rings is 1. The number of hydrogen-bond acceptors (Lipinski definition) is 4. The Morgan fingerprint density at radius 3 is 2.58 bits per heavy atom. The number of amides is 1. The Hall–Kier alpha value is -1.93. The van der Waals surface area contributed by atoms with Gasteiger partial charge in [-0.15, -0.1) is 0 Å². The minimum Gasteiger partial charge on any atom is -0.480 e. The lowest BCUT2D eigenvalue weighted by molar-refractivity contribution is -0.142. The summed E-state index contributed by atoms with van der Waals surface area (Å²) < 4.78 is 24.5. The number of carbonyl (C=O) groups excluding carboxylic acids is 1. The van der Waals surface area contributed by atoms with E-state index in [1.54, 1.807) is 24.3 Å². The van der Waals surface area contributed by atoms with E-state index in [4.69, 9.17) is 0 Å². The van der Waals surface area contributed by atoms with E-state index >= 15 is 0 Å². The smallest absolute Gasteiger partial charge is 0.326 e. The molecule has 7 nitrogen and oxygen atoms in total. The molecule has 1 saturated heterocycles. The molecule has 0 aliphatic carbocycles. The third-order valence-corrected chi connectivity index (χ3v) is 5.39. The van der Waals surface area contributed by atoms with Crippen LogP contribution in [0.3, 0.4) is 0 Å². The standard InChI is InChI=1S/C16H22N2O5S/c1-24(22,23)18-9-5-8-13(11-18)15(19)17-14(16(20)21)10-12-6-3-2-4-7-12/h2-4,6-7,13-14H,5,8-11H2,1H3,(H,17,19)(H,20,21)/t13-,14+/m1/s1. The molecule has 8 heteroatoms. The van der Waals surface area contributed by atoms with Gasteiger partial charge in [0.15, 0.2) is 0 Å². The van der Waals surface area contributed by atoms with Gasteiger partial charge in [0.2, 0.25) is 15.9 Å². The molecule has 0 aromatic heterocycles. The number of carbonyl (C=O) groups is 2. The van der Waals surface area contributed by atoms with E-state index in [1.807, 2.05) is 6.07 Å². The van der Waals surface area contributed by atoms with E-state index in [2.05, 4.69) is 5.32 Å². The summed E-state index contributed by atoms with van der Waals surface area (Å²) in [7, 11) is -3.35. The Morgan fingerprint density at radius 1 is 1.33 bits per heavy atom. The van der Waals surface area contributed by atoms with Crippen molar-refractivity contribution in [3.8, 4) is 0 Å². The molecule has 1 aromatic carbocycles. The highest BCUT2D eigenvalue weighted by Gasteiger charge is 2.32. The van der Waals surface area contributed by atoms with E-state index < -0.39 is 33.9 Å². The number of carboxylic acid groups (broad SMARTS) is 1. The second kappa shape index (κ2) is 7.76. The maximum absolute atomic E-state index is 12.4. The summed E-state index contributed by atoms with van der Waals surface area (Å²) in [5.41, 5.74) is 0.812. The van der Waals surface area contributed by atoms with Gasteiger partial charge in [-0.2, -0.15) is 0 Å². The van der Waals surface area contributed by atoms with Crippen LogP contribution in [0.25, 0.3) is 0 Å². The lowest BCUT2D eigenvalue weighted by Gasteiger charge is -2.30. The molecule has 1 aliphatic heterocycles. The quantitative estimate of drug-likeness (QED) is 0.773. The molecule has 1 aliphatic rings. The molecule has 1 aromatic rings. The van der Waals surface area contributed by atoms with Gasteiger partial charge >= 0.3 is 5.97 Å². The average molecular weight is 354 g/mol. The van der Waals surface area contributed by atoms with E-state index in [0.717, 1.165) is 11.8 Å². The number of piperidine rings is 1. The number of carboxylic acids is 1. The van der Waals surface area contributed by atoms with Crippen molar-refractivity contribution in [1.29, 1.82) is 0 Å². The number of hydrogen-bond donors (Lipinski definition) is 2. The molecule has 0 spiro atoms. The van der Waals surface area contributed by atoms with E-state index in [9.17, 15) is 23.1 Å². The minimum absolute atomic E-state index is 0.0995. The van der Waals surface area contributed by atoms with Gasteiger partial charge in [0.1, 0.15) is 6.04 Å². The highest BCUT2D eigenvalue weighted by molar-refractivity contribution is 7.88. The van der Waals surface area contributed by atoms with Gasteiger partial charge in [0, 0.05) is 19.5 Å². The Labute approximate surface area is 141 Å². The van der Waals surface area contributed by atoms with Gasteiger partial charge in [0.25, 0.3) is 0 Å². The van der Waals surface area contributed by atoms with Gasteiger partial charge < -0.3 is 10.4 Å². The third-order valence-electron chi connectivity index (χ3n) is 4.12. The summed E-state index contributed by atoms with van der Waals surface area (Å²) >= 11 is 0. The van der Waals surface area contributed by atoms with Crippen LogP contribution in [0.4, 0.5) is 0 Å². The van der Waals surface area contributed by atoms with Crippen LogP contribution >= 0.6 is 0 Å². The molecule has 0 bridgehead atoms. The van der Waals surface area contributed by atoms with Gasteiger partial charge in [0.05, 0.1) is 12.2 Å². The first-order valence-corrected chi connectivity index (χ1v) is 9.64. The van der Waals surface area contributed by atoms with E-state index in [1.165, 1.54) is 4.31 Å². The molecular weight excluding hydrogens is 332 g/mol. The normalized spacial score (nSPS) is 20.3. The summed E-state index contributed by atoms with van der Waals surface area (Å²) in [4.78, 5) is 23.8. The monoisotopic (exact) mass is 354 g/mol. The number of sulfonamides is 1. The Bertz CT molecular complexity index is 690. The SMILES string of the molecule is CS(=O)(=O)N1CCC[C@@H](C(=O)N[C@@H](Cc2ccccc2)C(=O)O)C1. The Kier molecular flexibility index (Phi) is 5.95. The molecule has 2 rings (SSSR count). The highest BCUT2D eigenvalue weighted by atomic mass is 32.2. The molecule has 0 saturated carbocycles. The fraction of sp³-hybridized carbons (Fsp3) is 0.500. The first-order chi connectivity index (χ1) is 11.3. The van der Waals surface area contributed by atoms with Crippen molar-refractivity contribution in [1.82, 2.24) is 9.62 Å². The van der Waals surface area contributed by atoms with Crippen LogP contribution < -0.4 is 5.32 Å². The van der Waals surface area contributed by atoms with Crippen molar-refractivity contribution in [2.24, 2.45) is 5.92 Å². The van der Waals surface area contributed by atoms with Crippen LogP contribution in [-0.2, 0) is 26.0 Å². The molecule has 1 fully saturated rings. The number of nitrogens with zero attached hydrogens (tertiary/aromatic N) is 1. The lowest BCUT2D eigenvalue weighted by atomic mass is 9.97. The van der Waals surface area contributed by atoms with Crippen LogP contribution in [0, 0.1) is 5.92 Å². The van der Waals surface area contributed by atoms with Crippen molar-refractivity contribution in [2.75, 3.05) is 19.3 Å². The largest absolute Gasteiger partial charge is 0.480 e. The summed E-state index contributed by atoms with van der Waals surface area (Å²) in [6, 6.07) is 8.01. The van der Waals surface area contributed by atoms with E-state index in [-0.39, 0.29) is 13.0 Å². The first-order valence-electron chi connectivity index (χ1n) is 7.79. The molecule has 1 amide bonds. The van der Waals surface area contributed by atoms with Crippen molar-refractivity contribution < 1.29 is 23.1 Å². The zero-order valence-corrected chi connectivity index (χ0v) is 14.3. The first kappa shape index (κ1) is 18.4. The van der Waals surface area contributed by atoms with Crippen LogP contribution in [0.15, 0.2) is 30.3 Å². The second-order valence-electron chi connectivity index (χ2n) is 6.05. The average Bonchev–Trinajstić information content (AvgIpc) is 2.54. The maximum Gasteiger partial charge on any atom is 0.326 e. The zero-order valence-electron chi connectivity index (χ0n) is 13.5. The van der Waals surface area contributed by atoms with Crippen LogP contribution in [0.1, 0.15) is 18.4 Å². The van der Waals surface area contributed by atoms with Crippen LogP contribution in [0.5, 0.6) is 0 Å². The summed E-state index contributed by atoms with van der Waals surface area (Å²) in [6.45, 7) is 0.497. The minimum atomic E-state index is -3.35. The topological polar surface area (TPSA) is 104 Å². The molecule has 2 N–H and O–H groups in total. The number of nitrogens with one attached hydrogen (secondary N) is 1. The predicted octanol–water partition coefficient (Wildman–Crippen LogP) is 0.470. The van der Waals surface area contributed by atoms with Gasteiger partial charge in [-0.05, 0) is 18.4 Å². The third kappa shape index (κ3) is 5.04. The molecule has 132 valence electrons. The fourth-order valence-corrected chi connectivity index (χ4v) is 3.71. The summed E-state index contributed by atoms with van der Waals surface area (Å²) in [5.74, 6) is -2.04. The molecule has 2 atom stereocenters. The lowest BCUT2D eigenvalue weighted by Crippen LogP contribution is -2.49. The predicted molar refractivity (Wildman–Crippen MR) is 88.9 cm³/mol. The van der Waals surface area contributed by atoms with Gasteiger partial charge in [-0.25, -0.2) is 17.5 Å². The highest BCUT2D eigenvalue weighted by Crippen LogP contribution is 2.19. The van der Waals surface area contributed by atoms with Crippen LogP contribution in [-0.4, -0.2) is 55.1 Å². The molecule has 1 heterocycles. The van der Waals surface area contributed by atoms with Crippen molar-refractivity contribution >= 4 is 21.9 Å². The molecule has 24 heavy (non-hydrogen) atoms. The Balaban J connectivity index is 2.01. The molecular formula is C16H22N2O5S. The van der Waals surface area contributed by atoms with Gasteiger partial charge in [-0.1, -0.05) is 30.3 Å². The van der Waals surface area contributed by atoms with Crippen molar-refractivity contribution in [2.45, 2.75) is 25.3 Å². The summed E-state index contributed by atoms with van der Waals surface area (Å²) in [5, 5.41) is 11.9. The van der Waals surface area contributed by atoms with Crippen molar-refractivity contribution in [3.05, 3.63) is 35.9 Å². The maximum atomic E-state index is 12.4. The van der Waals surface area contributed by atoms with E-state index in [0.29, 0.717) is 19.4 Å². The number of rotatable bonds is 6. The van der Waals surface area contributed by atoms with Crippen LogP contribution in [0.2, 0.25) is 0 Å². The Morgan fingerprint density at radius 2 is 2.00 bits per heavy atom. The second-order valence-corrected chi connectivity index (χ2v) is 8.03. The molecule has 0 unspecified atom stereocenters. The van der Waals surface area contributed by atoms with Gasteiger partial charge in [-0.3, -0.25) is 4.79 Å². The summed E-state index contributed by atoms with van der Waals surface area (Å²) in [6.07, 6.45) is 2.43.